The molecule has 0 atom stereocenters. The highest BCUT2D eigenvalue weighted by Crippen LogP contribution is 2.34. The number of nitrogens with one attached hydrogen (secondary N) is 1. The van der Waals surface area contributed by atoms with Gasteiger partial charge >= 0.3 is 11.7 Å². The van der Waals surface area contributed by atoms with Gasteiger partial charge in [-0.05, 0) is 45.4 Å². The van der Waals surface area contributed by atoms with Gasteiger partial charge in [0.05, 0.1) is 11.5 Å². The van der Waals surface area contributed by atoms with Gasteiger partial charge in [-0.1, -0.05) is 13.3 Å². The Morgan fingerprint density at radius 1 is 1.38 bits per heavy atom. The first-order valence-corrected chi connectivity index (χ1v) is 8.93. The van der Waals surface area contributed by atoms with Gasteiger partial charge in [-0.15, -0.1) is 0 Å². The molecule has 1 aliphatic rings. The molecular weight excluding hydrogens is 340 g/mol. The number of hydrogen-bond acceptors (Lipinski definition) is 5. The van der Waals surface area contributed by atoms with Crippen LogP contribution in [0.15, 0.2) is 0 Å². The largest absolute Gasteiger partial charge is 0.480 e. The second-order valence-electron chi connectivity index (χ2n) is 7.04. The molecule has 144 valence electrons. The molecule has 0 spiro atoms. The first kappa shape index (κ1) is 19.9. The van der Waals surface area contributed by atoms with E-state index in [1.54, 1.807) is 13.8 Å². The Morgan fingerprint density at radius 2 is 2.00 bits per heavy atom. The van der Waals surface area contributed by atoms with Crippen LogP contribution in [0.5, 0.6) is 0 Å². The van der Waals surface area contributed by atoms with Gasteiger partial charge in [0.25, 0.3) is 0 Å². The lowest BCUT2D eigenvalue weighted by Crippen LogP contribution is -2.56. The van der Waals surface area contributed by atoms with Gasteiger partial charge in [0.15, 0.2) is 0 Å². The molecule has 2 N–H and O–H groups in total. The lowest BCUT2D eigenvalue weighted by molar-refractivity contribution is -0.386. The number of carbonyl (C=O) groups excluding carboxylic acids is 1. The average molecular weight is 366 g/mol. The smallest absolute Gasteiger partial charge is 0.329 e. The second kappa shape index (κ2) is 7.84. The van der Waals surface area contributed by atoms with Crippen molar-refractivity contribution in [2.24, 2.45) is 5.92 Å². The summed E-state index contributed by atoms with van der Waals surface area (Å²) >= 11 is 0. The Balaban J connectivity index is 2.01. The Morgan fingerprint density at radius 3 is 2.46 bits per heavy atom. The van der Waals surface area contributed by atoms with E-state index in [1.165, 1.54) is 4.68 Å². The number of nitro groups is 1. The number of carboxylic acid groups (broad SMARTS) is 1. The molecular formula is C17H26N4O5. The molecule has 1 aromatic rings. The molecule has 0 bridgehead atoms. The maximum absolute atomic E-state index is 12.3. The Labute approximate surface area is 151 Å². The highest BCUT2D eigenvalue weighted by atomic mass is 16.6. The quantitative estimate of drug-likeness (QED) is 0.563. The lowest BCUT2D eigenvalue weighted by Gasteiger charge is -2.37. The van der Waals surface area contributed by atoms with Crippen LogP contribution < -0.4 is 5.32 Å². The molecule has 1 saturated carbocycles. The van der Waals surface area contributed by atoms with Crippen LogP contribution in [-0.4, -0.2) is 37.2 Å². The van der Waals surface area contributed by atoms with Crippen LogP contribution in [0.1, 0.15) is 56.8 Å². The van der Waals surface area contributed by atoms with Crippen LogP contribution >= 0.6 is 0 Å². The predicted octanol–water partition coefficient (Wildman–Crippen LogP) is 2.34. The van der Waals surface area contributed by atoms with Gasteiger partial charge < -0.3 is 10.4 Å². The van der Waals surface area contributed by atoms with E-state index in [4.69, 9.17) is 0 Å². The third kappa shape index (κ3) is 4.03. The number of carboxylic acids is 1. The molecule has 1 amide bonds. The van der Waals surface area contributed by atoms with Crippen molar-refractivity contribution in [1.29, 1.82) is 0 Å². The second-order valence-corrected chi connectivity index (χ2v) is 7.04. The number of nitrogens with zero attached hydrogens (tertiary/aromatic N) is 3. The van der Waals surface area contributed by atoms with E-state index in [1.807, 2.05) is 0 Å². The number of rotatable bonds is 7. The molecule has 1 fully saturated rings. The summed E-state index contributed by atoms with van der Waals surface area (Å²) in [5.74, 6) is -0.866. The van der Waals surface area contributed by atoms with Crippen LogP contribution in [0.25, 0.3) is 0 Å². The summed E-state index contributed by atoms with van der Waals surface area (Å²) < 4.78 is 1.43. The van der Waals surface area contributed by atoms with Crippen molar-refractivity contribution in [1.82, 2.24) is 15.1 Å². The van der Waals surface area contributed by atoms with Gasteiger partial charge in [0.2, 0.25) is 5.91 Å². The van der Waals surface area contributed by atoms with E-state index in [-0.39, 0.29) is 24.6 Å². The molecule has 9 heteroatoms. The van der Waals surface area contributed by atoms with E-state index in [2.05, 4.69) is 17.3 Å². The molecule has 0 saturated heterocycles. The monoisotopic (exact) mass is 366 g/mol. The van der Waals surface area contributed by atoms with Crippen LogP contribution in [0.4, 0.5) is 5.69 Å². The summed E-state index contributed by atoms with van der Waals surface area (Å²) in [7, 11) is 0. The molecule has 0 aromatic carbocycles. The maximum Gasteiger partial charge on any atom is 0.329 e. The number of aliphatic carboxylic acids is 1. The van der Waals surface area contributed by atoms with Gasteiger partial charge in [0.1, 0.15) is 16.9 Å². The average Bonchev–Trinajstić information content (AvgIpc) is 2.87. The van der Waals surface area contributed by atoms with E-state index >= 15 is 0 Å². The molecule has 26 heavy (non-hydrogen) atoms. The zero-order valence-electron chi connectivity index (χ0n) is 15.4. The fourth-order valence-corrected chi connectivity index (χ4v) is 3.68. The van der Waals surface area contributed by atoms with Crippen LogP contribution in [0, 0.1) is 29.9 Å². The van der Waals surface area contributed by atoms with Crippen molar-refractivity contribution < 1.29 is 19.6 Å². The minimum atomic E-state index is -1.20. The van der Waals surface area contributed by atoms with Crippen molar-refractivity contribution in [3.05, 3.63) is 21.5 Å². The highest BCUT2D eigenvalue weighted by molar-refractivity contribution is 5.87. The van der Waals surface area contributed by atoms with Crippen molar-refractivity contribution in [3.8, 4) is 0 Å². The van der Waals surface area contributed by atoms with E-state index in [0.717, 1.165) is 19.3 Å². The summed E-state index contributed by atoms with van der Waals surface area (Å²) in [5.41, 5.74) is -0.570. The highest BCUT2D eigenvalue weighted by Gasteiger charge is 2.42. The standard InChI is InChI=1S/C17H26N4O5/c1-4-13-5-8-17(9-6-13,16(23)24)18-14(22)7-10-20-12(3)15(21(25)26)11(2)19-20/h13H,4-10H2,1-3H3,(H,18,22)(H,23,24). The fraction of sp³-hybridized carbons (Fsp3) is 0.706. The van der Waals surface area contributed by atoms with E-state index in [0.29, 0.717) is 30.1 Å². The minimum Gasteiger partial charge on any atom is -0.480 e. The van der Waals surface area contributed by atoms with Gasteiger partial charge in [-0.25, -0.2) is 4.79 Å². The molecule has 0 unspecified atom stereocenters. The Kier molecular flexibility index (Phi) is 5.99. The molecule has 1 aliphatic carbocycles. The van der Waals surface area contributed by atoms with Gasteiger partial charge in [-0.3, -0.25) is 19.6 Å². The molecule has 9 nitrogen and oxygen atoms in total. The molecule has 0 aliphatic heterocycles. The minimum absolute atomic E-state index is 0.0192. The third-order valence-electron chi connectivity index (χ3n) is 5.40. The van der Waals surface area contributed by atoms with Crippen molar-refractivity contribution in [3.63, 3.8) is 0 Å². The Bertz CT molecular complexity index is 704. The Hall–Kier alpha value is -2.45. The van der Waals surface area contributed by atoms with Crippen molar-refractivity contribution in [2.75, 3.05) is 0 Å². The van der Waals surface area contributed by atoms with E-state index < -0.39 is 16.4 Å². The summed E-state index contributed by atoms with van der Waals surface area (Å²) in [6, 6.07) is 0. The van der Waals surface area contributed by atoms with Gasteiger partial charge in [-0.2, -0.15) is 5.10 Å². The normalized spacial score (nSPS) is 22.8. The SMILES string of the molecule is CCC1CCC(NC(=O)CCn2nc(C)c([N+](=O)[O-])c2C)(C(=O)O)CC1. The third-order valence-corrected chi connectivity index (χ3v) is 5.40. The lowest BCUT2D eigenvalue weighted by atomic mass is 9.75. The van der Waals surface area contributed by atoms with Crippen LogP contribution in [0.3, 0.4) is 0 Å². The van der Waals surface area contributed by atoms with Crippen molar-refractivity contribution >= 4 is 17.6 Å². The van der Waals surface area contributed by atoms with Crippen LogP contribution in [-0.2, 0) is 16.1 Å². The zero-order valence-corrected chi connectivity index (χ0v) is 15.4. The molecule has 2 rings (SSSR count). The summed E-state index contributed by atoms with van der Waals surface area (Å²) in [6.45, 7) is 5.39. The number of aryl methyl sites for hydroxylation is 2. The summed E-state index contributed by atoms with van der Waals surface area (Å²) in [4.78, 5) is 34.6. The van der Waals surface area contributed by atoms with Crippen molar-refractivity contribution in [2.45, 2.75) is 71.4 Å². The maximum atomic E-state index is 12.3. The fourth-order valence-electron chi connectivity index (χ4n) is 3.68. The molecule has 1 heterocycles. The van der Waals surface area contributed by atoms with Gasteiger partial charge in [0, 0.05) is 6.42 Å². The van der Waals surface area contributed by atoms with Crippen LogP contribution in [0.2, 0.25) is 0 Å². The van der Waals surface area contributed by atoms with E-state index in [9.17, 15) is 24.8 Å². The summed E-state index contributed by atoms with van der Waals surface area (Å²) in [5, 5.41) is 27.5. The number of carbonyl (C=O) groups is 2. The number of aromatic nitrogens is 2. The molecule has 0 radical (unpaired) electrons. The summed E-state index contributed by atoms with van der Waals surface area (Å²) in [6.07, 6.45) is 3.46. The predicted molar refractivity (Wildman–Crippen MR) is 93.7 cm³/mol. The first-order chi connectivity index (χ1) is 12.2. The zero-order chi connectivity index (χ0) is 19.5. The number of hydrogen-bond donors (Lipinski definition) is 2. The molecule has 1 aromatic heterocycles. The topological polar surface area (TPSA) is 127 Å². The first-order valence-electron chi connectivity index (χ1n) is 8.93. The number of amides is 1.